The number of nitrogens with zero attached hydrogens (tertiary/aromatic N) is 1. The minimum atomic E-state index is -0.521. The van der Waals surface area contributed by atoms with Gasteiger partial charge < -0.3 is 4.74 Å². The Morgan fingerprint density at radius 2 is 1.93 bits per heavy atom. The van der Waals surface area contributed by atoms with E-state index in [0.717, 1.165) is 5.75 Å². The van der Waals surface area contributed by atoms with Gasteiger partial charge >= 0.3 is 0 Å². The van der Waals surface area contributed by atoms with Gasteiger partial charge in [0.25, 0.3) is 0 Å². The molecule has 0 aliphatic carbocycles. The topological polar surface area (TPSA) is 38.7 Å². The van der Waals surface area contributed by atoms with Crippen molar-refractivity contribution in [3.8, 4) is 5.75 Å². The van der Waals surface area contributed by atoms with E-state index in [1.165, 1.54) is 5.56 Å². The maximum absolute atomic E-state index is 10.1. The third-order valence-corrected chi connectivity index (χ3v) is 1.96. The Morgan fingerprint density at radius 3 is 2.47 bits per heavy atom. The standard InChI is InChI=1S/C12H15NO2/c1-10-4-6-11(7-5-10)15-8-12(2,3)13-9-14/h4-7H,8H2,1-3H3. The molecule has 15 heavy (non-hydrogen) atoms. The van der Waals surface area contributed by atoms with E-state index in [9.17, 15) is 4.79 Å². The monoisotopic (exact) mass is 205 g/mol. The quantitative estimate of drug-likeness (QED) is 0.559. The number of isocyanates is 1. The third-order valence-electron chi connectivity index (χ3n) is 1.96. The Balaban J connectivity index is 2.57. The lowest BCUT2D eigenvalue weighted by molar-refractivity contribution is 0.244. The normalized spacial score (nSPS) is 10.6. The maximum atomic E-state index is 10.1. The lowest BCUT2D eigenvalue weighted by Gasteiger charge is -2.17. The number of rotatable bonds is 4. The van der Waals surface area contributed by atoms with Crippen LogP contribution in [0.3, 0.4) is 0 Å². The van der Waals surface area contributed by atoms with Crippen molar-refractivity contribution in [2.45, 2.75) is 26.3 Å². The molecule has 1 aromatic rings. The van der Waals surface area contributed by atoms with Gasteiger partial charge in [0, 0.05) is 0 Å². The highest BCUT2D eigenvalue weighted by Crippen LogP contribution is 2.15. The number of benzene rings is 1. The van der Waals surface area contributed by atoms with Crippen LogP contribution in [0.25, 0.3) is 0 Å². The summed E-state index contributed by atoms with van der Waals surface area (Å²) in [7, 11) is 0. The van der Waals surface area contributed by atoms with Crippen LogP contribution in [-0.2, 0) is 4.79 Å². The summed E-state index contributed by atoms with van der Waals surface area (Å²) in [6, 6.07) is 7.75. The molecule has 0 unspecified atom stereocenters. The molecule has 0 aliphatic rings. The van der Waals surface area contributed by atoms with Gasteiger partial charge in [-0.05, 0) is 32.9 Å². The second-order valence-corrected chi connectivity index (χ2v) is 4.12. The average Bonchev–Trinajstić information content (AvgIpc) is 2.17. The zero-order valence-electron chi connectivity index (χ0n) is 9.28. The lowest BCUT2D eigenvalue weighted by atomic mass is 10.1. The summed E-state index contributed by atoms with van der Waals surface area (Å²) in [5.41, 5.74) is 0.666. The molecule has 0 N–H and O–H groups in total. The fourth-order valence-corrected chi connectivity index (χ4v) is 1.05. The van der Waals surface area contributed by atoms with Crippen molar-refractivity contribution < 1.29 is 9.53 Å². The van der Waals surface area contributed by atoms with Gasteiger partial charge in [0.05, 0.1) is 0 Å². The molecule has 0 amide bonds. The molecule has 0 spiro atoms. The second kappa shape index (κ2) is 4.76. The summed E-state index contributed by atoms with van der Waals surface area (Å²) in [5, 5.41) is 0. The molecule has 0 saturated heterocycles. The van der Waals surface area contributed by atoms with E-state index in [2.05, 4.69) is 4.99 Å². The van der Waals surface area contributed by atoms with Gasteiger partial charge in [0.15, 0.2) is 0 Å². The van der Waals surface area contributed by atoms with Crippen molar-refractivity contribution in [3.05, 3.63) is 29.8 Å². The first kappa shape index (κ1) is 11.5. The molecular weight excluding hydrogens is 190 g/mol. The van der Waals surface area contributed by atoms with E-state index < -0.39 is 5.54 Å². The fraction of sp³-hybridized carbons (Fsp3) is 0.417. The highest BCUT2D eigenvalue weighted by atomic mass is 16.5. The molecule has 1 rings (SSSR count). The van der Waals surface area contributed by atoms with Crippen molar-refractivity contribution in [3.63, 3.8) is 0 Å². The predicted molar refractivity (Wildman–Crippen MR) is 58.9 cm³/mol. The van der Waals surface area contributed by atoms with Gasteiger partial charge in [0.1, 0.15) is 17.9 Å². The molecule has 0 atom stereocenters. The van der Waals surface area contributed by atoms with E-state index in [-0.39, 0.29) is 0 Å². The Hall–Kier alpha value is -1.60. The van der Waals surface area contributed by atoms with Crippen LogP contribution in [0.5, 0.6) is 5.75 Å². The first-order chi connectivity index (χ1) is 7.03. The summed E-state index contributed by atoms with van der Waals surface area (Å²) in [4.78, 5) is 13.8. The molecule has 1 aromatic carbocycles. The zero-order chi connectivity index (χ0) is 11.3. The molecule has 0 heterocycles. The number of hydrogen-bond acceptors (Lipinski definition) is 3. The number of carbonyl (C=O) groups excluding carboxylic acids is 1. The van der Waals surface area contributed by atoms with Crippen LogP contribution >= 0.6 is 0 Å². The molecule has 0 bridgehead atoms. The van der Waals surface area contributed by atoms with Gasteiger partial charge in [-0.3, -0.25) is 0 Å². The summed E-state index contributed by atoms with van der Waals surface area (Å²) < 4.78 is 5.51. The Bertz CT molecular complexity index is 362. The van der Waals surface area contributed by atoms with E-state index in [0.29, 0.717) is 6.61 Å². The van der Waals surface area contributed by atoms with Gasteiger partial charge in [-0.15, -0.1) is 0 Å². The highest BCUT2D eigenvalue weighted by molar-refractivity contribution is 5.34. The van der Waals surface area contributed by atoms with Gasteiger partial charge in [-0.1, -0.05) is 17.7 Å². The predicted octanol–water partition coefficient (Wildman–Crippen LogP) is 2.49. The first-order valence-corrected chi connectivity index (χ1v) is 4.82. The molecule has 0 radical (unpaired) electrons. The van der Waals surface area contributed by atoms with Gasteiger partial charge in [0.2, 0.25) is 6.08 Å². The van der Waals surface area contributed by atoms with Crippen molar-refractivity contribution in [1.82, 2.24) is 0 Å². The number of ether oxygens (including phenoxy) is 1. The van der Waals surface area contributed by atoms with Crippen LogP contribution in [-0.4, -0.2) is 18.2 Å². The Kier molecular flexibility index (Phi) is 3.64. The van der Waals surface area contributed by atoms with Gasteiger partial charge in [-0.25, -0.2) is 4.79 Å². The molecule has 0 aromatic heterocycles. The molecule has 0 aliphatic heterocycles. The lowest BCUT2D eigenvalue weighted by Crippen LogP contribution is -2.26. The minimum absolute atomic E-state index is 0.366. The van der Waals surface area contributed by atoms with Crippen LogP contribution in [0, 0.1) is 6.92 Å². The Labute approximate surface area is 89.8 Å². The SMILES string of the molecule is Cc1ccc(OCC(C)(C)N=C=O)cc1. The van der Waals surface area contributed by atoms with Crippen molar-refractivity contribution >= 4 is 6.08 Å². The average molecular weight is 205 g/mol. The molecular formula is C12H15NO2. The van der Waals surface area contributed by atoms with Gasteiger partial charge in [-0.2, -0.15) is 4.99 Å². The maximum Gasteiger partial charge on any atom is 0.235 e. The number of aliphatic imine (C=N–C) groups is 1. The third kappa shape index (κ3) is 3.96. The Morgan fingerprint density at radius 1 is 1.33 bits per heavy atom. The van der Waals surface area contributed by atoms with Crippen molar-refractivity contribution in [2.24, 2.45) is 4.99 Å². The van der Waals surface area contributed by atoms with Crippen LogP contribution in [0.1, 0.15) is 19.4 Å². The van der Waals surface area contributed by atoms with E-state index in [1.807, 2.05) is 45.0 Å². The summed E-state index contributed by atoms with van der Waals surface area (Å²) in [6.45, 7) is 6.04. The highest BCUT2D eigenvalue weighted by Gasteiger charge is 2.17. The van der Waals surface area contributed by atoms with E-state index in [4.69, 9.17) is 4.74 Å². The van der Waals surface area contributed by atoms with Crippen LogP contribution in [0.4, 0.5) is 0 Å². The van der Waals surface area contributed by atoms with E-state index >= 15 is 0 Å². The van der Waals surface area contributed by atoms with Crippen LogP contribution in [0.15, 0.2) is 29.3 Å². The van der Waals surface area contributed by atoms with E-state index in [1.54, 1.807) is 6.08 Å². The summed E-state index contributed by atoms with van der Waals surface area (Å²) >= 11 is 0. The van der Waals surface area contributed by atoms with Crippen molar-refractivity contribution in [2.75, 3.05) is 6.61 Å². The molecule has 3 heteroatoms. The summed E-state index contributed by atoms with van der Waals surface area (Å²) in [5.74, 6) is 0.787. The largest absolute Gasteiger partial charge is 0.491 e. The molecule has 0 fully saturated rings. The fourth-order valence-electron chi connectivity index (χ4n) is 1.05. The van der Waals surface area contributed by atoms with Crippen molar-refractivity contribution in [1.29, 1.82) is 0 Å². The molecule has 0 saturated carbocycles. The van der Waals surface area contributed by atoms with Crippen LogP contribution < -0.4 is 4.74 Å². The second-order valence-electron chi connectivity index (χ2n) is 4.12. The minimum Gasteiger partial charge on any atom is -0.491 e. The summed E-state index contributed by atoms with van der Waals surface area (Å²) in [6.07, 6.45) is 1.55. The first-order valence-electron chi connectivity index (χ1n) is 4.82. The number of aryl methyl sites for hydroxylation is 1. The molecule has 80 valence electrons. The smallest absolute Gasteiger partial charge is 0.235 e. The number of hydrogen-bond donors (Lipinski definition) is 0. The van der Waals surface area contributed by atoms with Crippen LogP contribution in [0.2, 0.25) is 0 Å². The molecule has 3 nitrogen and oxygen atoms in total. The zero-order valence-corrected chi connectivity index (χ0v) is 9.28.